The van der Waals surface area contributed by atoms with Gasteiger partial charge in [0.2, 0.25) is 5.91 Å². The van der Waals surface area contributed by atoms with Gasteiger partial charge >= 0.3 is 0 Å². The summed E-state index contributed by atoms with van der Waals surface area (Å²) in [6, 6.07) is 0. The quantitative estimate of drug-likeness (QED) is 0.689. The van der Waals surface area contributed by atoms with Crippen molar-refractivity contribution in [3.8, 4) is 0 Å². The van der Waals surface area contributed by atoms with E-state index in [0.29, 0.717) is 6.54 Å². The van der Waals surface area contributed by atoms with E-state index in [1.807, 2.05) is 18.7 Å². The molecule has 0 heterocycles. The summed E-state index contributed by atoms with van der Waals surface area (Å²) in [5.41, 5.74) is 5.44. The second kappa shape index (κ2) is 7.96. The maximum atomic E-state index is 11.8. The van der Waals surface area contributed by atoms with Crippen molar-refractivity contribution >= 4 is 17.7 Å². The Morgan fingerprint density at radius 2 is 2.00 bits per heavy atom. The van der Waals surface area contributed by atoms with Crippen LogP contribution in [0.1, 0.15) is 40.0 Å². The molecule has 3 nitrogen and oxygen atoms in total. The van der Waals surface area contributed by atoms with Gasteiger partial charge in [0.05, 0.1) is 0 Å². The van der Waals surface area contributed by atoms with E-state index in [1.54, 1.807) is 0 Å². The van der Waals surface area contributed by atoms with Gasteiger partial charge in [-0.25, -0.2) is 0 Å². The minimum Gasteiger partial charge on any atom is -0.354 e. The fourth-order valence-electron chi connectivity index (χ4n) is 1.66. The number of nitrogens with one attached hydrogen (secondary N) is 1. The van der Waals surface area contributed by atoms with E-state index in [0.717, 1.165) is 25.8 Å². The Hall–Kier alpha value is -0.220. The van der Waals surface area contributed by atoms with Gasteiger partial charge in [-0.15, -0.1) is 0 Å². The van der Waals surface area contributed by atoms with E-state index in [9.17, 15) is 4.79 Å². The predicted molar refractivity (Wildman–Crippen MR) is 72.7 cm³/mol. The van der Waals surface area contributed by atoms with Crippen LogP contribution >= 0.6 is 11.8 Å². The molecule has 0 aromatic heterocycles. The molecular weight excluding hydrogens is 220 g/mol. The molecule has 0 bridgehead atoms. The van der Waals surface area contributed by atoms with E-state index < -0.39 is 0 Å². The summed E-state index contributed by atoms with van der Waals surface area (Å²) >= 11 is 1.85. The molecule has 0 aromatic rings. The molecule has 1 unspecified atom stereocenters. The monoisotopic (exact) mass is 246 g/mol. The average Bonchev–Trinajstić information content (AvgIpc) is 2.31. The molecular formula is C12H26N2OS. The number of hydrogen-bond acceptors (Lipinski definition) is 3. The first kappa shape index (κ1) is 15.8. The van der Waals surface area contributed by atoms with Crippen LogP contribution in [0.3, 0.4) is 0 Å². The minimum atomic E-state index is 0.0262. The molecule has 96 valence electrons. The standard InChI is InChI=1S/C12H26N2OS/c1-5-12(6-2,16-4)9-14-11(15)10(3)7-8-13/h10H,5-9,13H2,1-4H3,(H,14,15). The summed E-state index contributed by atoms with van der Waals surface area (Å²) in [6.07, 6.45) is 5.03. The van der Waals surface area contributed by atoms with Crippen LogP contribution in [0.4, 0.5) is 0 Å². The first-order valence-electron chi connectivity index (χ1n) is 6.08. The summed E-state index contributed by atoms with van der Waals surface area (Å²) in [6.45, 7) is 7.62. The summed E-state index contributed by atoms with van der Waals surface area (Å²) in [4.78, 5) is 11.8. The third kappa shape index (κ3) is 4.74. The normalized spacial score (nSPS) is 13.6. The van der Waals surface area contributed by atoms with Crippen LogP contribution < -0.4 is 11.1 Å². The van der Waals surface area contributed by atoms with Gasteiger partial charge < -0.3 is 11.1 Å². The van der Waals surface area contributed by atoms with Crippen molar-refractivity contribution in [2.75, 3.05) is 19.3 Å². The van der Waals surface area contributed by atoms with Crippen molar-refractivity contribution in [1.82, 2.24) is 5.32 Å². The lowest BCUT2D eigenvalue weighted by molar-refractivity contribution is -0.124. The van der Waals surface area contributed by atoms with Crippen molar-refractivity contribution in [2.45, 2.75) is 44.8 Å². The SMILES string of the molecule is CCC(CC)(CNC(=O)C(C)CCN)SC. The Bertz CT molecular complexity index is 197. The first-order valence-corrected chi connectivity index (χ1v) is 7.30. The predicted octanol–water partition coefficient (Wildman–Crippen LogP) is 2.01. The third-order valence-corrected chi connectivity index (χ3v) is 4.94. The Labute approximate surface area is 104 Å². The lowest BCUT2D eigenvalue weighted by Gasteiger charge is -2.30. The Morgan fingerprint density at radius 3 is 2.38 bits per heavy atom. The largest absolute Gasteiger partial charge is 0.354 e. The maximum Gasteiger partial charge on any atom is 0.222 e. The molecule has 0 aliphatic carbocycles. The summed E-state index contributed by atoms with van der Waals surface area (Å²) in [7, 11) is 0. The molecule has 0 radical (unpaired) electrons. The molecule has 16 heavy (non-hydrogen) atoms. The van der Waals surface area contributed by atoms with Crippen molar-refractivity contribution in [3.05, 3.63) is 0 Å². The minimum absolute atomic E-state index is 0.0262. The summed E-state index contributed by atoms with van der Waals surface area (Å²) in [5.74, 6) is 0.157. The number of hydrogen-bond donors (Lipinski definition) is 2. The maximum absolute atomic E-state index is 11.8. The van der Waals surface area contributed by atoms with E-state index >= 15 is 0 Å². The molecule has 0 saturated heterocycles. The van der Waals surface area contributed by atoms with Crippen LogP contribution in [-0.2, 0) is 4.79 Å². The molecule has 0 fully saturated rings. The Kier molecular flexibility index (Phi) is 7.85. The smallest absolute Gasteiger partial charge is 0.222 e. The molecule has 4 heteroatoms. The van der Waals surface area contributed by atoms with Crippen LogP contribution in [0.25, 0.3) is 0 Å². The zero-order valence-corrected chi connectivity index (χ0v) is 11.8. The second-order valence-corrected chi connectivity index (χ2v) is 5.56. The van der Waals surface area contributed by atoms with Gasteiger partial charge in [0, 0.05) is 17.2 Å². The number of nitrogens with two attached hydrogens (primary N) is 1. The molecule has 0 saturated carbocycles. The van der Waals surface area contributed by atoms with Gasteiger partial charge in [0.1, 0.15) is 0 Å². The Morgan fingerprint density at radius 1 is 1.44 bits per heavy atom. The van der Waals surface area contributed by atoms with Crippen LogP contribution in [0, 0.1) is 5.92 Å². The second-order valence-electron chi connectivity index (χ2n) is 4.29. The lowest BCUT2D eigenvalue weighted by Crippen LogP contribution is -2.41. The van der Waals surface area contributed by atoms with E-state index in [4.69, 9.17) is 5.73 Å². The summed E-state index contributed by atoms with van der Waals surface area (Å²) in [5, 5.41) is 3.05. The van der Waals surface area contributed by atoms with Gasteiger partial charge in [-0.2, -0.15) is 11.8 Å². The van der Waals surface area contributed by atoms with Crippen LogP contribution in [0.2, 0.25) is 0 Å². The van der Waals surface area contributed by atoms with Crippen molar-refractivity contribution in [3.63, 3.8) is 0 Å². The van der Waals surface area contributed by atoms with Crippen LogP contribution in [-0.4, -0.2) is 30.0 Å². The highest BCUT2D eigenvalue weighted by Crippen LogP contribution is 2.29. The highest BCUT2D eigenvalue weighted by molar-refractivity contribution is 8.00. The van der Waals surface area contributed by atoms with Gasteiger partial charge in [-0.1, -0.05) is 20.8 Å². The number of carbonyl (C=O) groups excluding carboxylic acids is 1. The number of rotatable bonds is 8. The zero-order chi connectivity index (χ0) is 12.6. The zero-order valence-electron chi connectivity index (χ0n) is 11.0. The first-order chi connectivity index (χ1) is 7.55. The van der Waals surface area contributed by atoms with Crippen LogP contribution in [0.15, 0.2) is 0 Å². The van der Waals surface area contributed by atoms with Crippen molar-refractivity contribution < 1.29 is 4.79 Å². The molecule has 0 aliphatic rings. The Balaban J connectivity index is 4.15. The van der Waals surface area contributed by atoms with E-state index in [-0.39, 0.29) is 16.6 Å². The molecule has 1 atom stereocenters. The van der Waals surface area contributed by atoms with Gasteiger partial charge in [0.15, 0.2) is 0 Å². The molecule has 0 spiro atoms. The number of amides is 1. The average molecular weight is 246 g/mol. The van der Waals surface area contributed by atoms with Gasteiger partial charge in [-0.3, -0.25) is 4.79 Å². The van der Waals surface area contributed by atoms with E-state index in [1.165, 1.54) is 0 Å². The number of thioether (sulfide) groups is 1. The molecule has 0 rings (SSSR count). The van der Waals surface area contributed by atoms with Crippen LogP contribution in [0.5, 0.6) is 0 Å². The molecule has 3 N–H and O–H groups in total. The fraction of sp³-hybridized carbons (Fsp3) is 0.917. The topological polar surface area (TPSA) is 55.1 Å². The lowest BCUT2D eigenvalue weighted by atomic mass is 10.0. The number of carbonyl (C=O) groups is 1. The van der Waals surface area contributed by atoms with Crippen molar-refractivity contribution in [1.29, 1.82) is 0 Å². The van der Waals surface area contributed by atoms with Gasteiger partial charge in [0.25, 0.3) is 0 Å². The fourth-order valence-corrected chi connectivity index (χ4v) is 2.46. The third-order valence-electron chi connectivity index (χ3n) is 3.35. The molecule has 1 amide bonds. The van der Waals surface area contributed by atoms with E-state index in [2.05, 4.69) is 25.4 Å². The highest BCUT2D eigenvalue weighted by atomic mass is 32.2. The van der Waals surface area contributed by atoms with Gasteiger partial charge in [-0.05, 0) is 32.1 Å². The van der Waals surface area contributed by atoms with Crippen molar-refractivity contribution in [2.24, 2.45) is 11.7 Å². The summed E-state index contributed by atoms with van der Waals surface area (Å²) < 4.78 is 0.193. The highest BCUT2D eigenvalue weighted by Gasteiger charge is 2.26. The molecule has 0 aromatic carbocycles. The molecule has 0 aliphatic heterocycles.